The van der Waals surface area contributed by atoms with Gasteiger partial charge in [-0.1, -0.05) is 0 Å². The molecule has 2 heterocycles. The molecule has 0 unspecified atom stereocenters. The van der Waals surface area contributed by atoms with Gasteiger partial charge in [-0.15, -0.1) is 0 Å². The highest BCUT2D eigenvalue weighted by atomic mass is 16.2. The van der Waals surface area contributed by atoms with E-state index in [0.717, 1.165) is 45.6 Å². The van der Waals surface area contributed by atoms with Crippen molar-refractivity contribution in [3.05, 3.63) is 18.0 Å². The number of anilines is 1. The summed E-state index contributed by atoms with van der Waals surface area (Å²) in [5.41, 5.74) is 0.445. The highest BCUT2D eigenvalue weighted by Gasteiger charge is 2.34. The third-order valence-electron chi connectivity index (χ3n) is 5.18. The molecule has 2 fully saturated rings. The monoisotopic (exact) mass is 360 g/mol. The summed E-state index contributed by atoms with van der Waals surface area (Å²) in [7, 11) is 2.08. The van der Waals surface area contributed by atoms with E-state index in [2.05, 4.69) is 32.5 Å². The van der Waals surface area contributed by atoms with Gasteiger partial charge in [-0.2, -0.15) is 0 Å². The molecule has 0 aromatic carbocycles. The zero-order valence-electron chi connectivity index (χ0n) is 15.6. The summed E-state index contributed by atoms with van der Waals surface area (Å²) in [6, 6.07) is 0.0392. The number of hydrogen-bond donors (Lipinski definition) is 2. The molecule has 1 saturated carbocycles. The van der Waals surface area contributed by atoms with E-state index in [0.29, 0.717) is 17.9 Å². The van der Waals surface area contributed by atoms with Crippen LogP contribution in [0.1, 0.15) is 36.5 Å². The minimum Gasteiger partial charge on any atom is -0.355 e. The van der Waals surface area contributed by atoms with Gasteiger partial charge >= 0.3 is 0 Å². The predicted molar refractivity (Wildman–Crippen MR) is 98.9 cm³/mol. The summed E-state index contributed by atoms with van der Waals surface area (Å²) in [4.78, 5) is 37.5. The van der Waals surface area contributed by atoms with Crippen LogP contribution in [0.3, 0.4) is 0 Å². The van der Waals surface area contributed by atoms with Gasteiger partial charge < -0.3 is 20.4 Å². The zero-order valence-corrected chi connectivity index (χ0v) is 15.6. The number of nitrogens with one attached hydrogen (secondary N) is 2. The molecule has 1 aromatic heterocycles. The molecule has 2 atom stereocenters. The van der Waals surface area contributed by atoms with E-state index in [-0.39, 0.29) is 23.8 Å². The Labute approximate surface area is 154 Å². The highest BCUT2D eigenvalue weighted by Crippen LogP contribution is 2.28. The van der Waals surface area contributed by atoms with Crippen molar-refractivity contribution in [2.24, 2.45) is 5.92 Å². The van der Waals surface area contributed by atoms with Gasteiger partial charge in [0.05, 0.1) is 5.56 Å². The molecule has 2 N–H and O–H groups in total. The lowest BCUT2D eigenvalue weighted by atomic mass is 10.1. The Kier molecular flexibility index (Phi) is 6.03. The van der Waals surface area contributed by atoms with Gasteiger partial charge in [0.25, 0.3) is 5.91 Å². The van der Waals surface area contributed by atoms with Crippen LogP contribution >= 0.6 is 0 Å². The number of hydrogen-bond acceptors (Lipinski definition) is 6. The normalized spacial score (nSPS) is 23.7. The number of aromatic nitrogens is 2. The molecule has 0 bridgehead atoms. The molecule has 8 heteroatoms. The molecule has 2 aliphatic rings. The lowest BCUT2D eigenvalue weighted by molar-refractivity contribution is -0.137. The Bertz CT molecular complexity index is 627. The first-order chi connectivity index (χ1) is 12.6. The van der Waals surface area contributed by atoms with Crippen LogP contribution in [0.5, 0.6) is 0 Å². The second-order valence-corrected chi connectivity index (χ2v) is 7.13. The molecule has 1 aromatic rings. The van der Waals surface area contributed by atoms with Crippen LogP contribution in [0.4, 0.5) is 5.95 Å². The van der Waals surface area contributed by atoms with Crippen LogP contribution < -0.4 is 10.6 Å². The van der Waals surface area contributed by atoms with E-state index in [1.54, 1.807) is 0 Å². The first-order valence-corrected chi connectivity index (χ1v) is 9.41. The lowest BCUT2D eigenvalue weighted by Gasteiger charge is -2.34. The van der Waals surface area contributed by atoms with Crippen LogP contribution in [0.2, 0.25) is 0 Å². The Balaban J connectivity index is 1.49. The van der Waals surface area contributed by atoms with Gasteiger partial charge in [-0.25, -0.2) is 9.97 Å². The highest BCUT2D eigenvalue weighted by molar-refractivity contribution is 5.94. The van der Waals surface area contributed by atoms with Crippen molar-refractivity contribution in [3.63, 3.8) is 0 Å². The number of piperazine rings is 1. The van der Waals surface area contributed by atoms with Crippen LogP contribution in [-0.4, -0.2) is 77.4 Å². The van der Waals surface area contributed by atoms with Crippen LogP contribution in [0.15, 0.2) is 12.4 Å². The Hall–Kier alpha value is -2.22. The first-order valence-electron chi connectivity index (χ1n) is 9.41. The van der Waals surface area contributed by atoms with Crippen molar-refractivity contribution >= 4 is 17.8 Å². The molecular weight excluding hydrogens is 332 g/mol. The number of amides is 2. The van der Waals surface area contributed by atoms with Crippen LogP contribution in [-0.2, 0) is 4.79 Å². The molecule has 1 saturated heterocycles. The molecule has 142 valence electrons. The maximum atomic E-state index is 12.7. The molecule has 8 nitrogen and oxygen atoms in total. The van der Waals surface area contributed by atoms with Gasteiger partial charge in [0.15, 0.2) is 0 Å². The van der Waals surface area contributed by atoms with Gasteiger partial charge in [-0.05, 0) is 33.2 Å². The van der Waals surface area contributed by atoms with Crippen molar-refractivity contribution < 1.29 is 9.59 Å². The minimum absolute atomic E-state index is 0.0242. The molecule has 2 amide bonds. The zero-order chi connectivity index (χ0) is 18.5. The van der Waals surface area contributed by atoms with E-state index in [1.807, 2.05) is 11.8 Å². The number of carbonyl (C=O) groups excluding carboxylic acids is 2. The predicted octanol–water partition coefficient (Wildman–Crippen LogP) is 0.581. The second kappa shape index (κ2) is 8.44. The quantitative estimate of drug-likeness (QED) is 0.798. The van der Waals surface area contributed by atoms with Gasteiger partial charge in [0, 0.05) is 57.1 Å². The summed E-state index contributed by atoms with van der Waals surface area (Å²) in [6.07, 6.45) is 5.45. The summed E-state index contributed by atoms with van der Waals surface area (Å²) in [5, 5.41) is 6.02. The number of rotatable bonds is 5. The summed E-state index contributed by atoms with van der Waals surface area (Å²) in [6.45, 7) is 6.17. The molecule has 1 aliphatic heterocycles. The number of nitrogens with zero attached hydrogens (tertiary/aromatic N) is 4. The molecular formula is C18H28N6O2. The third-order valence-corrected chi connectivity index (χ3v) is 5.18. The Morgan fingerprint density at radius 1 is 1.15 bits per heavy atom. The van der Waals surface area contributed by atoms with Crippen LogP contribution in [0.25, 0.3) is 0 Å². The van der Waals surface area contributed by atoms with E-state index in [4.69, 9.17) is 0 Å². The Morgan fingerprint density at radius 2 is 1.85 bits per heavy atom. The topological polar surface area (TPSA) is 90.5 Å². The van der Waals surface area contributed by atoms with Crippen molar-refractivity contribution in [3.8, 4) is 0 Å². The van der Waals surface area contributed by atoms with Gasteiger partial charge in [-0.3, -0.25) is 9.59 Å². The fourth-order valence-electron chi connectivity index (χ4n) is 3.59. The van der Waals surface area contributed by atoms with Gasteiger partial charge in [0.2, 0.25) is 11.9 Å². The fraction of sp³-hybridized carbons (Fsp3) is 0.667. The van der Waals surface area contributed by atoms with Crippen molar-refractivity contribution in [1.82, 2.24) is 25.1 Å². The summed E-state index contributed by atoms with van der Waals surface area (Å²) >= 11 is 0. The standard InChI is InChI=1S/C18H28N6O2/c1-3-19-18-20-11-14(12-21-18)16(25)22-15-5-4-13(10-15)17(26)24-8-6-23(2)7-9-24/h11-13,15H,3-10H2,1-2H3,(H,22,25)(H,19,20,21)/t13-,15+/m0/s1. The largest absolute Gasteiger partial charge is 0.355 e. The lowest BCUT2D eigenvalue weighted by Crippen LogP contribution is -2.49. The summed E-state index contributed by atoms with van der Waals surface area (Å²) in [5.74, 6) is 0.609. The number of carbonyl (C=O) groups is 2. The van der Waals surface area contributed by atoms with E-state index >= 15 is 0 Å². The van der Waals surface area contributed by atoms with E-state index in [9.17, 15) is 9.59 Å². The third kappa shape index (κ3) is 4.49. The molecule has 26 heavy (non-hydrogen) atoms. The molecule has 0 spiro atoms. The van der Waals surface area contributed by atoms with Crippen molar-refractivity contribution in [1.29, 1.82) is 0 Å². The average molecular weight is 360 g/mol. The van der Waals surface area contributed by atoms with Crippen molar-refractivity contribution in [2.45, 2.75) is 32.2 Å². The Morgan fingerprint density at radius 3 is 2.50 bits per heavy atom. The molecule has 1 aliphatic carbocycles. The summed E-state index contributed by atoms with van der Waals surface area (Å²) < 4.78 is 0. The fourth-order valence-corrected chi connectivity index (χ4v) is 3.59. The number of likely N-dealkylation sites (N-methyl/N-ethyl adjacent to an activating group) is 1. The minimum atomic E-state index is -0.175. The molecule has 0 radical (unpaired) electrons. The second-order valence-electron chi connectivity index (χ2n) is 7.13. The van der Waals surface area contributed by atoms with E-state index in [1.165, 1.54) is 12.4 Å². The average Bonchev–Trinajstić information content (AvgIpc) is 3.11. The first kappa shape index (κ1) is 18.6. The van der Waals surface area contributed by atoms with Crippen molar-refractivity contribution in [2.75, 3.05) is 45.1 Å². The van der Waals surface area contributed by atoms with Crippen LogP contribution in [0, 0.1) is 5.92 Å². The molecule has 3 rings (SSSR count). The maximum absolute atomic E-state index is 12.7. The van der Waals surface area contributed by atoms with E-state index < -0.39 is 0 Å². The SMILES string of the molecule is CCNc1ncc(C(=O)N[C@@H]2CC[C@H](C(=O)N3CCN(C)CC3)C2)cn1. The maximum Gasteiger partial charge on any atom is 0.254 e. The smallest absolute Gasteiger partial charge is 0.254 e. The van der Waals surface area contributed by atoms with Gasteiger partial charge in [0.1, 0.15) is 0 Å².